The Morgan fingerprint density at radius 3 is 3.09 bits per heavy atom. The lowest BCUT2D eigenvalue weighted by Crippen LogP contribution is -2.39. The van der Waals surface area contributed by atoms with Crippen molar-refractivity contribution < 1.29 is 19.4 Å². The van der Waals surface area contributed by atoms with Crippen LogP contribution in [0.25, 0.3) is 0 Å². The second-order valence-corrected chi connectivity index (χ2v) is 5.79. The summed E-state index contributed by atoms with van der Waals surface area (Å²) in [5, 5.41) is 12.1. The fourth-order valence-corrected chi connectivity index (χ4v) is 2.91. The highest BCUT2D eigenvalue weighted by atomic mass is 16.5. The second-order valence-electron chi connectivity index (χ2n) is 5.79. The molecule has 1 saturated heterocycles. The lowest BCUT2D eigenvalue weighted by atomic mass is 10.1. The zero-order valence-corrected chi connectivity index (χ0v) is 12.4. The topological polar surface area (TPSA) is 78.9 Å². The largest absolute Gasteiger partial charge is 0.396 e. The van der Waals surface area contributed by atoms with Crippen LogP contribution in [0, 0.1) is 5.92 Å². The van der Waals surface area contributed by atoms with Gasteiger partial charge in [0.15, 0.2) is 5.78 Å². The highest BCUT2D eigenvalue weighted by molar-refractivity contribution is 6.01. The molecule has 0 radical (unpaired) electrons. The van der Waals surface area contributed by atoms with E-state index in [1.807, 2.05) is 6.07 Å². The van der Waals surface area contributed by atoms with E-state index >= 15 is 0 Å². The average Bonchev–Trinajstić information content (AvgIpc) is 2.75. The number of hydrogen-bond acceptors (Lipinski definition) is 4. The number of ketones is 1. The number of benzene rings is 1. The summed E-state index contributed by atoms with van der Waals surface area (Å²) in [6.07, 6.45) is 1.29. The van der Waals surface area contributed by atoms with Crippen molar-refractivity contribution in [2.75, 3.05) is 38.2 Å². The Kier molecular flexibility index (Phi) is 4.40. The Morgan fingerprint density at radius 2 is 2.27 bits per heavy atom. The van der Waals surface area contributed by atoms with Crippen LogP contribution >= 0.6 is 0 Å². The van der Waals surface area contributed by atoms with Gasteiger partial charge in [-0.1, -0.05) is 0 Å². The molecule has 1 aromatic rings. The van der Waals surface area contributed by atoms with Crippen LogP contribution in [0.15, 0.2) is 18.2 Å². The predicted molar refractivity (Wildman–Crippen MR) is 81.1 cm³/mol. The number of nitrogens with one attached hydrogen (secondary N) is 1. The third-order valence-electron chi connectivity index (χ3n) is 4.16. The molecule has 1 fully saturated rings. The normalized spacial score (nSPS) is 21.4. The van der Waals surface area contributed by atoms with Crippen molar-refractivity contribution in [3.05, 3.63) is 29.3 Å². The minimum Gasteiger partial charge on any atom is -0.396 e. The second kappa shape index (κ2) is 6.46. The van der Waals surface area contributed by atoms with Gasteiger partial charge in [0.1, 0.15) is 0 Å². The molecule has 1 aliphatic carbocycles. The zero-order chi connectivity index (χ0) is 15.5. The molecule has 0 aromatic heterocycles. The maximum atomic E-state index is 12.4. The van der Waals surface area contributed by atoms with Crippen molar-refractivity contribution in [2.24, 2.45) is 5.92 Å². The molecule has 0 spiro atoms. The highest BCUT2D eigenvalue weighted by Gasteiger charge is 2.23. The summed E-state index contributed by atoms with van der Waals surface area (Å²) in [4.78, 5) is 25.6. The maximum Gasteiger partial charge on any atom is 0.321 e. The molecule has 2 aliphatic rings. The number of rotatable bonds is 2. The van der Waals surface area contributed by atoms with Crippen LogP contribution in [0.5, 0.6) is 0 Å². The first-order chi connectivity index (χ1) is 10.7. The van der Waals surface area contributed by atoms with E-state index in [1.165, 1.54) is 0 Å². The standard InChI is InChI=1S/C16H20N2O4/c19-9-11-8-18(5-6-22-10-11)16(21)17-13-2-3-14-12(7-13)1-4-15(14)20/h2-3,7,11,19H,1,4-6,8-10H2,(H,17,21)/t11-/m1/s1. The Labute approximate surface area is 129 Å². The molecular weight excluding hydrogens is 284 g/mol. The van der Waals surface area contributed by atoms with Crippen LogP contribution in [-0.2, 0) is 11.2 Å². The van der Waals surface area contributed by atoms with Crippen LogP contribution in [0.1, 0.15) is 22.3 Å². The molecule has 0 unspecified atom stereocenters. The number of ether oxygens (including phenoxy) is 1. The van der Waals surface area contributed by atoms with Gasteiger partial charge in [0.25, 0.3) is 0 Å². The monoisotopic (exact) mass is 304 g/mol. The fraction of sp³-hybridized carbons (Fsp3) is 0.500. The molecule has 3 rings (SSSR count). The number of aryl methyl sites for hydroxylation is 1. The summed E-state index contributed by atoms with van der Waals surface area (Å²) in [6.45, 7) is 1.94. The molecule has 1 aromatic carbocycles. The third kappa shape index (κ3) is 3.13. The molecule has 0 saturated carbocycles. The number of Topliss-reactive ketones (excluding diaryl/α,β-unsaturated/α-hetero) is 1. The Balaban J connectivity index is 1.67. The number of nitrogens with zero attached hydrogens (tertiary/aromatic N) is 1. The number of urea groups is 1. The molecule has 1 heterocycles. The minimum atomic E-state index is -0.201. The van der Waals surface area contributed by atoms with E-state index in [0.717, 1.165) is 17.5 Å². The zero-order valence-electron chi connectivity index (χ0n) is 12.4. The molecule has 2 amide bonds. The third-order valence-corrected chi connectivity index (χ3v) is 4.16. The Morgan fingerprint density at radius 1 is 1.41 bits per heavy atom. The lowest BCUT2D eigenvalue weighted by Gasteiger charge is -2.23. The fourth-order valence-electron chi connectivity index (χ4n) is 2.91. The molecule has 0 bridgehead atoms. The summed E-state index contributed by atoms with van der Waals surface area (Å²) in [6, 6.07) is 5.21. The molecule has 22 heavy (non-hydrogen) atoms. The maximum absolute atomic E-state index is 12.4. The molecule has 1 atom stereocenters. The predicted octanol–water partition coefficient (Wildman–Crippen LogP) is 1.29. The summed E-state index contributed by atoms with van der Waals surface area (Å²) < 4.78 is 5.38. The molecule has 1 aliphatic heterocycles. The molecule has 6 nitrogen and oxygen atoms in total. The number of amides is 2. The van der Waals surface area contributed by atoms with E-state index in [4.69, 9.17) is 4.74 Å². The van der Waals surface area contributed by atoms with E-state index in [9.17, 15) is 14.7 Å². The van der Waals surface area contributed by atoms with Gasteiger partial charge in [-0.3, -0.25) is 4.79 Å². The van der Waals surface area contributed by atoms with E-state index in [1.54, 1.807) is 17.0 Å². The summed E-state index contributed by atoms with van der Waals surface area (Å²) in [5.41, 5.74) is 2.46. The summed E-state index contributed by atoms with van der Waals surface area (Å²) in [7, 11) is 0. The number of fused-ring (bicyclic) bond motifs is 1. The van der Waals surface area contributed by atoms with Gasteiger partial charge < -0.3 is 20.1 Å². The van der Waals surface area contributed by atoms with E-state index in [0.29, 0.717) is 38.4 Å². The van der Waals surface area contributed by atoms with E-state index < -0.39 is 0 Å². The van der Waals surface area contributed by atoms with E-state index in [2.05, 4.69) is 5.32 Å². The van der Waals surface area contributed by atoms with Crippen LogP contribution in [0.3, 0.4) is 0 Å². The number of anilines is 1. The van der Waals surface area contributed by atoms with Crippen LogP contribution < -0.4 is 5.32 Å². The van der Waals surface area contributed by atoms with Gasteiger partial charge in [0.2, 0.25) is 0 Å². The van der Waals surface area contributed by atoms with Gasteiger partial charge in [-0.05, 0) is 30.2 Å². The van der Waals surface area contributed by atoms with Crippen molar-refractivity contribution in [1.29, 1.82) is 0 Å². The van der Waals surface area contributed by atoms with Gasteiger partial charge in [-0.25, -0.2) is 4.79 Å². The van der Waals surface area contributed by atoms with Gasteiger partial charge in [0.05, 0.1) is 13.2 Å². The molecule has 118 valence electrons. The number of carbonyl (C=O) groups is 2. The first-order valence-corrected chi connectivity index (χ1v) is 7.58. The average molecular weight is 304 g/mol. The van der Waals surface area contributed by atoms with Gasteiger partial charge in [0, 0.05) is 43.3 Å². The first kappa shape index (κ1) is 15.0. The van der Waals surface area contributed by atoms with Crippen molar-refractivity contribution in [2.45, 2.75) is 12.8 Å². The van der Waals surface area contributed by atoms with Crippen molar-refractivity contribution in [3.8, 4) is 0 Å². The first-order valence-electron chi connectivity index (χ1n) is 7.58. The minimum absolute atomic E-state index is 0.00470. The van der Waals surface area contributed by atoms with Crippen LogP contribution in [0.2, 0.25) is 0 Å². The number of hydrogen-bond donors (Lipinski definition) is 2. The SMILES string of the molecule is O=C1CCc2cc(NC(=O)N3CCOC[C@@H](CO)C3)ccc21. The summed E-state index contributed by atoms with van der Waals surface area (Å²) in [5.74, 6) is 0.120. The van der Waals surface area contributed by atoms with Crippen molar-refractivity contribution in [1.82, 2.24) is 4.90 Å². The van der Waals surface area contributed by atoms with Gasteiger partial charge >= 0.3 is 6.03 Å². The summed E-state index contributed by atoms with van der Waals surface area (Å²) >= 11 is 0. The quantitative estimate of drug-likeness (QED) is 0.863. The van der Waals surface area contributed by atoms with Gasteiger partial charge in [-0.15, -0.1) is 0 Å². The van der Waals surface area contributed by atoms with Crippen LogP contribution in [-0.4, -0.2) is 54.7 Å². The Bertz CT molecular complexity index is 588. The molecule has 2 N–H and O–H groups in total. The smallest absolute Gasteiger partial charge is 0.321 e. The van der Waals surface area contributed by atoms with E-state index in [-0.39, 0.29) is 24.3 Å². The van der Waals surface area contributed by atoms with Crippen molar-refractivity contribution in [3.63, 3.8) is 0 Å². The number of carbonyl (C=O) groups excluding carboxylic acids is 2. The number of aliphatic hydroxyl groups is 1. The molecular formula is C16H20N2O4. The van der Waals surface area contributed by atoms with Crippen LogP contribution in [0.4, 0.5) is 10.5 Å². The Hall–Kier alpha value is -1.92. The molecule has 6 heteroatoms. The number of aliphatic hydroxyl groups excluding tert-OH is 1. The lowest BCUT2D eigenvalue weighted by molar-refractivity contribution is 0.0958. The van der Waals surface area contributed by atoms with Crippen molar-refractivity contribution >= 4 is 17.5 Å². The highest BCUT2D eigenvalue weighted by Crippen LogP contribution is 2.25. The van der Waals surface area contributed by atoms with Gasteiger partial charge in [-0.2, -0.15) is 0 Å².